The van der Waals surface area contributed by atoms with Gasteiger partial charge in [-0.15, -0.1) is 6.58 Å². The number of pyridine rings is 1. The molecule has 5 aliphatic rings. The third-order valence-electron chi connectivity index (χ3n) is 14.4. The molecule has 0 radical (unpaired) electrons. The number of hydrogen-bond donors (Lipinski definition) is 2. The molecular weight excluding hydrogens is 612 g/mol. The van der Waals surface area contributed by atoms with Crippen LogP contribution in [-0.4, -0.2) is 34.5 Å². The number of carboxylic acid groups (broad SMARTS) is 1. The molecule has 274 valence electrons. The standard InChI is InChI=1S/C32H52O4.C7H8N2O.C3H6/c1-28(2,27(34)35)19-26(33)36-25-14-18-32(7)23(29(25,3)4)13-17-31(6)22-12-16-30(5)15-8-9-21(30)20(22)10-11-24(31)32;10-6-8-5-7-3-1-2-4-9-7;1-3-2/h20-25H,8-19H2,1-7H3,(H,34,35);1-4,6H,5H2,(H,8,10);3H,1H2,2H3. The van der Waals surface area contributed by atoms with Crippen molar-refractivity contribution >= 4 is 18.3 Å². The number of nitrogens with one attached hydrogen (secondary N) is 1. The molecule has 5 saturated carbocycles. The first-order chi connectivity index (χ1) is 23.0. The van der Waals surface area contributed by atoms with E-state index in [1.807, 2.05) is 25.1 Å². The van der Waals surface area contributed by atoms with E-state index in [0.29, 0.717) is 35.1 Å². The molecule has 7 heteroatoms. The quantitative estimate of drug-likeness (QED) is 0.169. The minimum atomic E-state index is -1.09. The van der Waals surface area contributed by atoms with Crippen LogP contribution in [0.3, 0.4) is 0 Å². The second-order valence-corrected chi connectivity index (χ2v) is 18.1. The molecule has 0 saturated heterocycles. The van der Waals surface area contributed by atoms with E-state index in [9.17, 15) is 19.5 Å². The summed E-state index contributed by atoms with van der Waals surface area (Å²) in [6.45, 7) is 21.5. The Kier molecular flexibility index (Phi) is 12.2. The maximum Gasteiger partial charge on any atom is 0.309 e. The molecule has 9 atom stereocenters. The molecular formula is C42H66N2O5. The summed E-state index contributed by atoms with van der Waals surface area (Å²) in [7, 11) is 0. The molecule has 1 heterocycles. The van der Waals surface area contributed by atoms with Crippen molar-refractivity contribution in [3.63, 3.8) is 0 Å². The van der Waals surface area contributed by atoms with Crippen LogP contribution in [0.2, 0.25) is 0 Å². The molecule has 5 fully saturated rings. The molecule has 0 aromatic carbocycles. The van der Waals surface area contributed by atoms with Gasteiger partial charge in [0.1, 0.15) is 6.10 Å². The Labute approximate surface area is 296 Å². The fourth-order valence-corrected chi connectivity index (χ4v) is 12.0. The second kappa shape index (κ2) is 15.3. The molecule has 5 aliphatic carbocycles. The van der Waals surface area contributed by atoms with E-state index in [4.69, 9.17) is 4.74 Å². The smallest absolute Gasteiger partial charge is 0.309 e. The number of ether oxygens (including phenoxy) is 1. The van der Waals surface area contributed by atoms with E-state index in [2.05, 4.69) is 51.5 Å². The molecule has 9 unspecified atom stereocenters. The van der Waals surface area contributed by atoms with Gasteiger partial charge in [0.05, 0.1) is 24.1 Å². The van der Waals surface area contributed by atoms with E-state index < -0.39 is 11.4 Å². The van der Waals surface area contributed by atoms with Gasteiger partial charge in [-0.2, -0.15) is 0 Å². The number of hydrogen-bond acceptors (Lipinski definition) is 5. The van der Waals surface area contributed by atoms with Crippen LogP contribution in [0.4, 0.5) is 0 Å². The predicted molar refractivity (Wildman–Crippen MR) is 195 cm³/mol. The van der Waals surface area contributed by atoms with Crippen LogP contribution in [0, 0.1) is 56.7 Å². The lowest BCUT2D eigenvalue weighted by Gasteiger charge is -2.69. The van der Waals surface area contributed by atoms with Crippen LogP contribution >= 0.6 is 0 Å². The first kappa shape index (κ1) is 39.1. The molecule has 0 aliphatic heterocycles. The van der Waals surface area contributed by atoms with Gasteiger partial charge in [-0.25, -0.2) is 0 Å². The van der Waals surface area contributed by atoms with Crippen molar-refractivity contribution in [2.45, 2.75) is 145 Å². The molecule has 0 spiro atoms. The van der Waals surface area contributed by atoms with Crippen molar-refractivity contribution in [3.8, 4) is 0 Å². The summed E-state index contributed by atoms with van der Waals surface area (Å²) in [6, 6.07) is 5.58. The van der Waals surface area contributed by atoms with E-state index in [0.717, 1.165) is 42.2 Å². The fraction of sp³-hybridized carbons (Fsp3) is 0.762. The number of aliphatic carboxylic acids is 1. The fourth-order valence-electron chi connectivity index (χ4n) is 12.0. The Bertz CT molecular complexity index is 1310. The SMILES string of the molecule is C=CC.CC(C)(CC(=O)OC1CCC2(C)C(CCC3(C)C4CCC5(C)CCCC5C4CCC32)C1(C)C)C(=O)O.O=CNCc1ccccn1. The van der Waals surface area contributed by atoms with E-state index in [-0.39, 0.29) is 23.9 Å². The van der Waals surface area contributed by atoms with Gasteiger partial charge in [0, 0.05) is 11.6 Å². The second-order valence-electron chi connectivity index (χ2n) is 18.1. The Hall–Kier alpha value is -2.70. The largest absolute Gasteiger partial charge is 0.481 e. The molecule has 2 N–H and O–H groups in total. The van der Waals surface area contributed by atoms with Gasteiger partial charge in [0.15, 0.2) is 0 Å². The van der Waals surface area contributed by atoms with Crippen LogP contribution < -0.4 is 5.32 Å². The van der Waals surface area contributed by atoms with Gasteiger partial charge in [-0.1, -0.05) is 53.2 Å². The molecule has 1 amide bonds. The van der Waals surface area contributed by atoms with Crippen molar-refractivity contribution in [2.24, 2.45) is 56.7 Å². The zero-order valence-electron chi connectivity index (χ0n) is 31.9. The van der Waals surface area contributed by atoms with Crippen molar-refractivity contribution in [3.05, 3.63) is 42.7 Å². The van der Waals surface area contributed by atoms with Gasteiger partial charge < -0.3 is 15.2 Å². The minimum absolute atomic E-state index is 0.0688. The Morgan fingerprint density at radius 2 is 1.65 bits per heavy atom. The molecule has 0 bridgehead atoms. The Morgan fingerprint density at radius 1 is 0.959 bits per heavy atom. The van der Waals surface area contributed by atoms with Gasteiger partial charge in [-0.05, 0) is 143 Å². The molecule has 49 heavy (non-hydrogen) atoms. The first-order valence-corrected chi connectivity index (χ1v) is 19.1. The average molecular weight is 679 g/mol. The van der Waals surface area contributed by atoms with Crippen molar-refractivity contribution in [1.82, 2.24) is 10.3 Å². The Balaban J connectivity index is 0.000000351. The number of carboxylic acids is 1. The lowest BCUT2D eigenvalue weighted by Crippen LogP contribution is -2.63. The monoisotopic (exact) mass is 678 g/mol. The van der Waals surface area contributed by atoms with E-state index in [1.54, 1.807) is 26.1 Å². The highest BCUT2D eigenvalue weighted by Gasteiger charge is 2.66. The highest BCUT2D eigenvalue weighted by molar-refractivity contribution is 5.81. The number of carbonyl (C=O) groups excluding carboxylic acids is 2. The van der Waals surface area contributed by atoms with Crippen LogP contribution in [0.1, 0.15) is 138 Å². The van der Waals surface area contributed by atoms with Gasteiger partial charge in [0.2, 0.25) is 6.41 Å². The number of aromatic nitrogens is 1. The summed E-state index contributed by atoms with van der Waals surface area (Å²) >= 11 is 0. The highest BCUT2D eigenvalue weighted by Crippen LogP contribution is 2.73. The topological polar surface area (TPSA) is 106 Å². The lowest BCUT2D eigenvalue weighted by atomic mass is 9.36. The number of amides is 1. The molecule has 1 aromatic rings. The van der Waals surface area contributed by atoms with E-state index in [1.165, 1.54) is 57.8 Å². The number of allylic oxidation sites excluding steroid dienone is 1. The van der Waals surface area contributed by atoms with E-state index >= 15 is 0 Å². The number of carbonyl (C=O) groups is 3. The number of esters is 1. The van der Waals surface area contributed by atoms with Crippen molar-refractivity contribution < 1.29 is 24.2 Å². The summed E-state index contributed by atoms with van der Waals surface area (Å²) in [4.78, 5) is 38.2. The van der Waals surface area contributed by atoms with Crippen molar-refractivity contribution in [1.29, 1.82) is 0 Å². The average Bonchev–Trinajstić information content (AvgIpc) is 3.44. The third-order valence-corrected chi connectivity index (χ3v) is 14.4. The van der Waals surface area contributed by atoms with Gasteiger partial charge >= 0.3 is 11.9 Å². The number of fused-ring (bicyclic) bond motifs is 7. The van der Waals surface area contributed by atoms with Gasteiger partial charge in [-0.3, -0.25) is 19.4 Å². The zero-order valence-corrected chi connectivity index (χ0v) is 31.9. The zero-order chi connectivity index (χ0) is 36.3. The van der Waals surface area contributed by atoms with Crippen LogP contribution in [-0.2, 0) is 25.7 Å². The Morgan fingerprint density at radius 3 is 2.29 bits per heavy atom. The normalized spacial score (nSPS) is 37.1. The highest BCUT2D eigenvalue weighted by atomic mass is 16.5. The van der Waals surface area contributed by atoms with Gasteiger partial charge in [0.25, 0.3) is 0 Å². The third kappa shape index (κ3) is 7.81. The summed E-state index contributed by atoms with van der Waals surface area (Å²) in [5.74, 6) is 2.79. The first-order valence-electron chi connectivity index (χ1n) is 19.1. The summed E-state index contributed by atoms with van der Waals surface area (Å²) in [5.41, 5.74) is 1.04. The maximum absolute atomic E-state index is 12.8. The van der Waals surface area contributed by atoms with Crippen LogP contribution in [0.5, 0.6) is 0 Å². The van der Waals surface area contributed by atoms with Crippen LogP contribution in [0.15, 0.2) is 37.1 Å². The molecule has 6 rings (SSSR count). The summed E-state index contributed by atoms with van der Waals surface area (Å²) in [6.07, 6.45) is 18.6. The minimum Gasteiger partial charge on any atom is -0.481 e. The summed E-state index contributed by atoms with van der Waals surface area (Å²) in [5, 5.41) is 12.0. The predicted octanol–water partition coefficient (Wildman–Crippen LogP) is 9.40. The number of nitrogens with zero attached hydrogens (tertiary/aromatic N) is 1. The molecule has 1 aromatic heterocycles. The summed E-state index contributed by atoms with van der Waals surface area (Å²) < 4.78 is 6.09. The van der Waals surface area contributed by atoms with Crippen molar-refractivity contribution in [2.75, 3.05) is 0 Å². The molecule has 7 nitrogen and oxygen atoms in total. The lowest BCUT2D eigenvalue weighted by molar-refractivity contribution is -0.221. The maximum atomic E-state index is 12.8. The van der Waals surface area contributed by atoms with Crippen LogP contribution in [0.25, 0.3) is 0 Å². The number of rotatable bonds is 7.